The van der Waals surface area contributed by atoms with E-state index >= 15 is 0 Å². The van der Waals surface area contributed by atoms with Crippen LogP contribution >= 0.6 is 11.3 Å². The second-order valence-corrected chi connectivity index (χ2v) is 4.15. The summed E-state index contributed by atoms with van der Waals surface area (Å²) < 4.78 is 0. The molecule has 1 aliphatic rings. The first-order valence-electron chi connectivity index (χ1n) is 4.25. The Morgan fingerprint density at radius 1 is 1.62 bits per heavy atom. The lowest BCUT2D eigenvalue weighted by Gasteiger charge is -2.08. The zero-order valence-electron chi connectivity index (χ0n) is 7.06. The molecule has 1 fully saturated rings. The molecule has 1 atom stereocenters. The maximum Gasteiger partial charge on any atom is 0.336 e. The van der Waals surface area contributed by atoms with Crippen molar-refractivity contribution < 1.29 is 9.90 Å². The van der Waals surface area contributed by atoms with E-state index in [1.165, 1.54) is 11.3 Å². The van der Waals surface area contributed by atoms with E-state index < -0.39 is 5.97 Å². The van der Waals surface area contributed by atoms with E-state index in [1.807, 2.05) is 5.38 Å². The summed E-state index contributed by atoms with van der Waals surface area (Å²) in [7, 11) is 0. The molecule has 0 aliphatic heterocycles. The highest BCUT2D eigenvalue weighted by Crippen LogP contribution is 2.41. The number of carbonyl (C=O) groups is 1. The third-order valence-corrected chi connectivity index (χ3v) is 3.17. The Morgan fingerprint density at radius 2 is 2.31 bits per heavy atom. The minimum absolute atomic E-state index is 0.0719. The van der Waals surface area contributed by atoms with Crippen molar-refractivity contribution in [3.63, 3.8) is 0 Å². The van der Waals surface area contributed by atoms with Gasteiger partial charge in [0, 0.05) is 11.4 Å². The van der Waals surface area contributed by atoms with Gasteiger partial charge in [-0.05, 0) is 29.7 Å². The lowest BCUT2D eigenvalue weighted by Crippen LogP contribution is -2.14. The first-order chi connectivity index (χ1) is 6.20. The third kappa shape index (κ3) is 1.59. The second kappa shape index (κ2) is 3.12. The van der Waals surface area contributed by atoms with E-state index in [-0.39, 0.29) is 6.04 Å². The van der Waals surface area contributed by atoms with Gasteiger partial charge in [-0.1, -0.05) is 0 Å². The fraction of sp³-hybridized carbons (Fsp3) is 0.444. The van der Waals surface area contributed by atoms with Gasteiger partial charge in [0.1, 0.15) is 0 Å². The topological polar surface area (TPSA) is 63.3 Å². The largest absolute Gasteiger partial charge is 0.478 e. The average Bonchev–Trinajstić information content (AvgIpc) is 2.80. The summed E-state index contributed by atoms with van der Waals surface area (Å²) in [5, 5.41) is 12.4. The van der Waals surface area contributed by atoms with Crippen LogP contribution < -0.4 is 5.73 Å². The number of hydrogen-bond acceptors (Lipinski definition) is 3. The van der Waals surface area contributed by atoms with E-state index in [9.17, 15) is 4.79 Å². The fourth-order valence-electron chi connectivity index (χ4n) is 1.45. The molecule has 0 bridgehead atoms. The number of thiophene rings is 1. The van der Waals surface area contributed by atoms with E-state index in [4.69, 9.17) is 10.8 Å². The highest BCUT2D eigenvalue weighted by Gasteiger charge is 2.32. The van der Waals surface area contributed by atoms with Gasteiger partial charge in [-0.15, -0.1) is 0 Å². The monoisotopic (exact) mass is 197 g/mol. The first-order valence-corrected chi connectivity index (χ1v) is 5.19. The lowest BCUT2D eigenvalue weighted by molar-refractivity contribution is 0.0695. The highest BCUT2D eigenvalue weighted by atomic mass is 32.1. The van der Waals surface area contributed by atoms with Crippen molar-refractivity contribution >= 4 is 17.3 Å². The van der Waals surface area contributed by atoms with E-state index in [1.54, 1.807) is 5.38 Å². The zero-order valence-corrected chi connectivity index (χ0v) is 7.88. The van der Waals surface area contributed by atoms with Crippen molar-refractivity contribution in [1.82, 2.24) is 0 Å². The van der Waals surface area contributed by atoms with Crippen LogP contribution in [0.2, 0.25) is 0 Å². The summed E-state index contributed by atoms with van der Waals surface area (Å²) >= 11 is 1.41. The van der Waals surface area contributed by atoms with Crippen molar-refractivity contribution in [3.8, 4) is 0 Å². The fourth-order valence-corrected chi connectivity index (χ4v) is 2.32. The Hall–Kier alpha value is -0.870. The number of carboxylic acid groups (broad SMARTS) is 1. The molecule has 0 spiro atoms. The molecule has 1 heterocycles. The molecule has 1 saturated carbocycles. The minimum Gasteiger partial charge on any atom is -0.478 e. The number of carboxylic acids is 1. The Balaban J connectivity index is 2.27. The van der Waals surface area contributed by atoms with Crippen LogP contribution in [-0.4, -0.2) is 11.1 Å². The molecule has 2 rings (SSSR count). The van der Waals surface area contributed by atoms with E-state index in [0.29, 0.717) is 11.5 Å². The number of hydrogen-bond donors (Lipinski definition) is 2. The predicted octanol–water partition coefficient (Wildman–Crippen LogP) is 1.86. The molecule has 1 aromatic rings. The molecule has 0 radical (unpaired) electrons. The van der Waals surface area contributed by atoms with Gasteiger partial charge in [0.05, 0.1) is 5.56 Å². The Bertz CT molecular complexity index is 330. The predicted molar refractivity (Wildman–Crippen MR) is 50.9 cm³/mol. The van der Waals surface area contributed by atoms with Crippen LogP contribution in [-0.2, 0) is 0 Å². The molecular weight excluding hydrogens is 186 g/mol. The number of rotatable bonds is 3. The molecule has 3 nitrogen and oxygen atoms in total. The lowest BCUT2D eigenvalue weighted by atomic mass is 10.0. The quantitative estimate of drug-likeness (QED) is 0.777. The van der Waals surface area contributed by atoms with Gasteiger partial charge in [-0.2, -0.15) is 11.3 Å². The summed E-state index contributed by atoms with van der Waals surface area (Å²) in [6.07, 6.45) is 2.27. The molecule has 4 heteroatoms. The van der Waals surface area contributed by atoms with Crippen LogP contribution in [0.15, 0.2) is 10.8 Å². The summed E-state index contributed by atoms with van der Waals surface area (Å²) in [6.45, 7) is 0. The summed E-state index contributed by atoms with van der Waals surface area (Å²) in [5.74, 6) is -0.361. The highest BCUT2D eigenvalue weighted by molar-refractivity contribution is 7.08. The Labute approximate surface area is 80.2 Å². The zero-order chi connectivity index (χ0) is 9.42. The SMILES string of the molecule is N[C@@H](c1cscc1C(=O)O)C1CC1. The van der Waals surface area contributed by atoms with E-state index in [0.717, 1.165) is 18.4 Å². The van der Waals surface area contributed by atoms with Crippen molar-refractivity contribution in [3.05, 3.63) is 21.9 Å². The van der Waals surface area contributed by atoms with Crippen LogP contribution in [0.3, 0.4) is 0 Å². The van der Waals surface area contributed by atoms with Gasteiger partial charge in [-0.25, -0.2) is 4.79 Å². The maximum absolute atomic E-state index is 10.8. The summed E-state index contributed by atoms with van der Waals surface area (Å²) in [5.41, 5.74) is 7.11. The molecule has 13 heavy (non-hydrogen) atoms. The number of nitrogens with two attached hydrogens (primary N) is 1. The van der Waals surface area contributed by atoms with Gasteiger partial charge in [0.2, 0.25) is 0 Å². The smallest absolute Gasteiger partial charge is 0.336 e. The normalized spacial score (nSPS) is 18.5. The Kier molecular flexibility index (Phi) is 2.09. The Morgan fingerprint density at radius 3 is 2.85 bits per heavy atom. The molecule has 0 unspecified atom stereocenters. The van der Waals surface area contributed by atoms with Crippen LogP contribution in [0, 0.1) is 5.92 Å². The second-order valence-electron chi connectivity index (χ2n) is 3.41. The van der Waals surface area contributed by atoms with Crippen LogP contribution in [0.25, 0.3) is 0 Å². The average molecular weight is 197 g/mol. The van der Waals surface area contributed by atoms with Gasteiger partial charge in [-0.3, -0.25) is 0 Å². The standard InChI is InChI=1S/C9H11NO2S/c10-8(5-1-2-5)6-3-13-4-7(6)9(11)12/h3-5,8H,1-2,10H2,(H,11,12)/t8-/m1/s1. The molecule has 3 N–H and O–H groups in total. The molecule has 1 aromatic heterocycles. The van der Waals surface area contributed by atoms with Crippen molar-refractivity contribution in [2.24, 2.45) is 11.7 Å². The molecule has 1 aliphatic carbocycles. The van der Waals surface area contributed by atoms with Gasteiger partial charge < -0.3 is 10.8 Å². The third-order valence-electron chi connectivity index (χ3n) is 2.41. The van der Waals surface area contributed by atoms with Crippen LogP contribution in [0.4, 0.5) is 0 Å². The summed E-state index contributed by atoms with van der Waals surface area (Å²) in [6, 6.07) is -0.0719. The molecule has 0 aromatic carbocycles. The molecular formula is C9H11NO2S. The van der Waals surface area contributed by atoms with Gasteiger partial charge in [0.25, 0.3) is 0 Å². The van der Waals surface area contributed by atoms with Crippen molar-refractivity contribution in [2.75, 3.05) is 0 Å². The molecule has 0 saturated heterocycles. The number of aromatic carboxylic acids is 1. The van der Waals surface area contributed by atoms with Gasteiger partial charge in [0.15, 0.2) is 0 Å². The molecule has 70 valence electrons. The summed E-state index contributed by atoms with van der Waals surface area (Å²) in [4.78, 5) is 10.8. The van der Waals surface area contributed by atoms with Crippen LogP contribution in [0.5, 0.6) is 0 Å². The maximum atomic E-state index is 10.8. The van der Waals surface area contributed by atoms with E-state index in [2.05, 4.69) is 0 Å². The van der Waals surface area contributed by atoms with Crippen molar-refractivity contribution in [1.29, 1.82) is 0 Å². The minimum atomic E-state index is -0.868. The first kappa shape index (κ1) is 8.72. The van der Waals surface area contributed by atoms with Crippen LogP contribution in [0.1, 0.15) is 34.8 Å². The molecule has 0 amide bonds. The van der Waals surface area contributed by atoms with Gasteiger partial charge >= 0.3 is 5.97 Å². The van der Waals surface area contributed by atoms with Crippen molar-refractivity contribution in [2.45, 2.75) is 18.9 Å².